The summed E-state index contributed by atoms with van der Waals surface area (Å²) in [5, 5.41) is 0. The van der Waals surface area contributed by atoms with Crippen LogP contribution in [0.3, 0.4) is 0 Å². The summed E-state index contributed by atoms with van der Waals surface area (Å²) in [7, 11) is 0. The molecule has 8 nitrogen and oxygen atoms in total. The van der Waals surface area contributed by atoms with Crippen LogP contribution in [0.1, 0.15) is 67.0 Å². The molecule has 0 saturated carbocycles. The molecule has 0 spiro atoms. The van der Waals surface area contributed by atoms with Crippen molar-refractivity contribution in [1.82, 2.24) is 39.9 Å². The molecule has 0 atom stereocenters. The molecule has 0 saturated heterocycles. The summed E-state index contributed by atoms with van der Waals surface area (Å²) in [6.45, 7) is 17.4. The summed E-state index contributed by atoms with van der Waals surface area (Å²) in [4.78, 5) is 35.1. The third-order valence-electron chi connectivity index (χ3n) is 20.8. The number of nitrogens with zero attached hydrogens (tertiary/aromatic N) is 8. The van der Waals surface area contributed by atoms with E-state index < -0.39 is 0 Å². The largest absolute Gasteiger partial charge is 0.305 e. The first-order chi connectivity index (χ1) is 64.3. The van der Waals surface area contributed by atoms with Crippen LogP contribution in [0.4, 0.5) is 0 Å². The fraction of sp³-hybridized carbons (Fsp3) is 0.0894. The van der Waals surface area contributed by atoms with Gasteiger partial charge in [-0.25, -0.2) is 0 Å². The fourth-order valence-corrected chi connectivity index (χ4v) is 13.9. The van der Waals surface area contributed by atoms with Crippen LogP contribution < -0.4 is 0 Å². The minimum atomic E-state index is 0. The number of benzene rings is 12. The van der Waals surface area contributed by atoms with Crippen molar-refractivity contribution in [3.05, 3.63) is 532 Å². The molecule has 0 N–H and O–H groups in total. The van der Waals surface area contributed by atoms with Crippen molar-refractivity contribution in [1.29, 1.82) is 0 Å². The zero-order chi connectivity index (χ0) is 90.8. The number of pyridine rings is 8. The summed E-state index contributed by atoms with van der Waals surface area (Å²) in [5.74, 6) is 1.21. The van der Waals surface area contributed by atoms with E-state index in [1.165, 1.54) is 55.6 Å². The van der Waals surface area contributed by atoms with Crippen LogP contribution in [-0.4, -0.2) is 39.9 Å². The molecule has 0 bridgehead atoms. The van der Waals surface area contributed by atoms with Gasteiger partial charge in [0, 0.05) is 130 Å². The van der Waals surface area contributed by atoms with Gasteiger partial charge in [0.25, 0.3) is 0 Å². The predicted molar refractivity (Wildman–Crippen MR) is 541 cm³/mol. The minimum absolute atomic E-state index is 0. The Bertz CT molecular complexity index is 6210. The van der Waals surface area contributed by atoms with Crippen molar-refractivity contribution in [3.63, 3.8) is 0 Å². The normalized spacial score (nSPS) is 10.0. The van der Waals surface area contributed by atoms with Gasteiger partial charge in [-0.05, 0) is 183 Å². The quantitative estimate of drug-likeness (QED) is 0.0935. The van der Waals surface area contributed by atoms with Gasteiger partial charge in [-0.2, -0.15) is 0 Å². The van der Waals surface area contributed by atoms with Crippen molar-refractivity contribution in [2.24, 2.45) is 5.92 Å². The molecular weight excluding hydrogens is 2360 g/mol. The Kier molecular flexibility index (Phi) is 44.5. The molecule has 0 unspecified atom stereocenters. The molecule has 4 radical (unpaired) electrons. The number of aryl methyl sites for hydroxylation is 4. The maximum absolute atomic E-state index is 4.58. The van der Waals surface area contributed by atoms with Crippen LogP contribution in [0.25, 0.3) is 135 Å². The molecule has 0 aliphatic heterocycles. The zero-order valence-corrected chi connectivity index (χ0v) is 86.1. The van der Waals surface area contributed by atoms with Crippen LogP contribution in [0.5, 0.6) is 0 Å². The second kappa shape index (κ2) is 57.1. The van der Waals surface area contributed by atoms with E-state index in [2.05, 4.69) is 277 Å². The topological polar surface area (TPSA) is 103 Å². The van der Waals surface area contributed by atoms with Gasteiger partial charge in [-0.15, -0.1) is 287 Å². The second-order valence-electron chi connectivity index (χ2n) is 31.6. The molecule has 0 fully saturated rings. The first-order valence-electron chi connectivity index (χ1n) is 43.9. The number of aromatic nitrogens is 8. The maximum Gasteiger partial charge on any atom is 0.0239 e. The van der Waals surface area contributed by atoms with Gasteiger partial charge in [-0.1, -0.05) is 221 Å². The van der Waals surface area contributed by atoms with Crippen molar-refractivity contribution < 1.29 is 80.4 Å². The Morgan fingerprint density at radius 3 is 0.726 bits per heavy atom. The van der Waals surface area contributed by atoms with Crippen LogP contribution in [0.15, 0.2) is 450 Å². The molecule has 12 heteroatoms. The molecule has 20 rings (SSSR count). The van der Waals surface area contributed by atoms with E-state index in [4.69, 9.17) is 0 Å². The summed E-state index contributed by atoms with van der Waals surface area (Å²) in [5.41, 5.74) is 33.4. The van der Waals surface area contributed by atoms with E-state index in [1.807, 2.05) is 292 Å². The molecule has 8 heterocycles. The molecule has 12 aromatic carbocycles. The van der Waals surface area contributed by atoms with Crippen LogP contribution in [0, 0.1) is 82.1 Å². The van der Waals surface area contributed by atoms with E-state index in [0.717, 1.165) is 119 Å². The van der Waals surface area contributed by atoms with E-state index in [0.29, 0.717) is 11.8 Å². The summed E-state index contributed by atoms with van der Waals surface area (Å²) < 4.78 is 0. The fourth-order valence-electron chi connectivity index (χ4n) is 13.9. The Morgan fingerprint density at radius 2 is 0.474 bits per heavy atom. The third-order valence-corrected chi connectivity index (χ3v) is 20.8. The second-order valence-corrected chi connectivity index (χ2v) is 31.6. The zero-order valence-electron chi connectivity index (χ0n) is 76.5. The first-order valence-corrected chi connectivity index (χ1v) is 43.9. The Hall–Kier alpha value is -13.6. The van der Waals surface area contributed by atoms with Crippen molar-refractivity contribution in [3.8, 4) is 135 Å². The SMILES string of the molecule is CC(C)Cc1cccc(-c2ccc(-c3[c-]cccc3)nc2)c1.CC(C)c1cccc(-c2ccc(-c3[c-]cccc3)nc2)c1.Cc1cc(C)cc(-c2ccc(-c3[c-]cccc3)nc2)c1.Cc1ccc(-c2ccc(-c3[c-]cccc3)nc2)cc1C.[Ir].[Ir].[Ir].[Ir].[c-]1ccccc1-c1ccccn1.[c-]1ccccc1-c1ccccn1.[c-]1ccccc1-c1ccccn1.[c-]1ccccc1-c1ccccn1. The predicted octanol–water partition coefficient (Wildman–Crippen LogP) is 30.6. The van der Waals surface area contributed by atoms with Gasteiger partial charge >= 0.3 is 0 Å². The Morgan fingerprint density at radius 1 is 0.207 bits per heavy atom. The third kappa shape index (κ3) is 33.8. The van der Waals surface area contributed by atoms with Crippen molar-refractivity contribution in [2.45, 2.75) is 67.7 Å². The molecule has 0 amide bonds. The Balaban J connectivity index is 0.000000174. The molecule has 0 aliphatic carbocycles. The average molecular weight is 2460 g/mol. The van der Waals surface area contributed by atoms with E-state index in [-0.39, 0.29) is 80.4 Å². The monoisotopic (exact) mass is 2460 g/mol. The van der Waals surface area contributed by atoms with E-state index in [1.54, 1.807) is 24.8 Å². The Labute approximate surface area is 852 Å². The van der Waals surface area contributed by atoms with Gasteiger partial charge in [0.2, 0.25) is 0 Å². The first kappa shape index (κ1) is 105. The van der Waals surface area contributed by atoms with Crippen LogP contribution in [0.2, 0.25) is 0 Å². The van der Waals surface area contributed by atoms with Crippen molar-refractivity contribution in [2.75, 3.05) is 0 Å². The summed E-state index contributed by atoms with van der Waals surface area (Å²) in [6, 6.07) is 159. The van der Waals surface area contributed by atoms with Crippen LogP contribution >= 0.6 is 0 Å². The van der Waals surface area contributed by atoms with E-state index in [9.17, 15) is 0 Å². The molecule has 0 aliphatic rings. The number of rotatable bonds is 15. The standard InChI is InChI=1S/C21H20N.C20H18N.2C19H16N.4C11H8N.4Ir/c1-16(2)13-17-7-6-10-19(14-17)20-11-12-21(22-15-20)18-8-4-3-5-9-18;1-15(2)17-9-6-10-18(13-17)19-11-12-20(21-14-19)16-7-4-3-5-8-16;1-14-10-15(2)12-18(11-14)17-8-9-19(20-13-17)16-6-4-3-5-7-16;1-14-8-9-17(12-15(14)2)18-10-11-19(20-13-18)16-6-4-3-5-7-16;4*1-2-6-10(7-3-1)11-8-4-5-9-12-11;;;;/h3-8,10-12,14-16H,13H2,1-2H3;3-7,9-15H,1-2H3;2*3-6,8-13H,1-2H3;4*1-6,8-9H;;;;/q8*-1;;;;. The molecule has 8 aromatic heterocycles. The van der Waals surface area contributed by atoms with Gasteiger partial charge in [0.15, 0.2) is 0 Å². The summed E-state index contributed by atoms with van der Waals surface area (Å²) in [6.07, 6.45) is 16.0. The van der Waals surface area contributed by atoms with Gasteiger partial charge in [0.05, 0.1) is 0 Å². The smallest absolute Gasteiger partial charge is 0.0239 e. The molecule has 135 heavy (non-hydrogen) atoms. The molecular formula is C123H102Ir4N8-8. The van der Waals surface area contributed by atoms with Gasteiger partial charge in [0.1, 0.15) is 0 Å². The molecule has 678 valence electrons. The maximum atomic E-state index is 4.58. The number of hydrogen-bond donors (Lipinski definition) is 0. The average Bonchev–Trinajstić information content (AvgIpc) is 0.845. The summed E-state index contributed by atoms with van der Waals surface area (Å²) >= 11 is 0. The van der Waals surface area contributed by atoms with Gasteiger partial charge < -0.3 is 39.9 Å². The molecule has 20 aromatic rings. The minimum Gasteiger partial charge on any atom is -0.305 e. The van der Waals surface area contributed by atoms with Crippen LogP contribution in [-0.2, 0) is 86.8 Å². The number of hydrogen-bond acceptors (Lipinski definition) is 8. The van der Waals surface area contributed by atoms with E-state index >= 15 is 0 Å². The van der Waals surface area contributed by atoms with Crippen molar-refractivity contribution >= 4 is 0 Å². The van der Waals surface area contributed by atoms with Gasteiger partial charge in [-0.3, -0.25) is 0 Å².